The molecule has 4 atom stereocenters. The maximum Gasteiger partial charge on any atom is 0.223 e. The molecule has 2 aliphatic carbocycles. The average Bonchev–Trinajstić information content (AvgIpc) is 2.98. The summed E-state index contributed by atoms with van der Waals surface area (Å²) in [5, 5.41) is 6.80. The van der Waals surface area contributed by atoms with E-state index in [1.165, 1.54) is 25.7 Å². The smallest absolute Gasteiger partial charge is 0.223 e. The van der Waals surface area contributed by atoms with Gasteiger partial charge in [-0.3, -0.25) is 4.79 Å². The molecule has 2 unspecified atom stereocenters. The molecular weight excluding hydrogens is 264 g/mol. The van der Waals surface area contributed by atoms with Gasteiger partial charge in [0.1, 0.15) is 0 Å². The fourth-order valence-electron chi connectivity index (χ4n) is 4.75. The maximum absolute atomic E-state index is 12.6. The molecule has 1 aliphatic heterocycles. The summed E-state index contributed by atoms with van der Waals surface area (Å²) < 4.78 is 5.93. The van der Waals surface area contributed by atoms with Crippen molar-refractivity contribution in [2.24, 2.45) is 11.3 Å². The van der Waals surface area contributed by atoms with Gasteiger partial charge in [0.2, 0.25) is 5.91 Å². The molecule has 3 aliphatic rings. The van der Waals surface area contributed by atoms with E-state index < -0.39 is 0 Å². The molecule has 3 fully saturated rings. The Morgan fingerprint density at radius 3 is 2.76 bits per heavy atom. The van der Waals surface area contributed by atoms with Gasteiger partial charge in [-0.1, -0.05) is 12.8 Å². The van der Waals surface area contributed by atoms with Crippen LogP contribution in [0.3, 0.4) is 0 Å². The molecule has 1 heterocycles. The fourth-order valence-corrected chi connectivity index (χ4v) is 4.75. The van der Waals surface area contributed by atoms with Gasteiger partial charge >= 0.3 is 0 Å². The summed E-state index contributed by atoms with van der Waals surface area (Å²) in [6, 6.07) is 0.821. The predicted molar refractivity (Wildman–Crippen MR) is 83.1 cm³/mol. The monoisotopic (exact) mass is 294 g/mol. The molecular formula is C17H30N2O2. The van der Waals surface area contributed by atoms with Crippen LogP contribution < -0.4 is 10.6 Å². The predicted octanol–water partition coefficient (Wildman–Crippen LogP) is 2.23. The van der Waals surface area contributed by atoms with Crippen molar-refractivity contribution < 1.29 is 9.53 Å². The first kappa shape index (κ1) is 15.3. The number of carbonyl (C=O) groups excluding carboxylic acids is 1. The number of hydrogen-bond donors (Lipinski definition) is 2. The second-order valence-electron chi connectivity index (χ2n) is 7.26. The number of amides is 1. The van der Waals surface area contributed by atoms with E-state index in [0.29, 0.717) is 18.2 Å². The van der Waals surface area contributed by atoms with Gasteiger partial charge in [0, 0.05) is 30.0 Å². The topological polar surface area (TPSA) is 50.4 Å². The standard InChI is InChI=1S/C17H30N2O2/c1-3-21-15-11-14(17(15)7-4-5-8-17)19-16(20)13-6-9-18-12(2)10-13/h12-15,18H,3-11H2,1-2H3,(H,19,20)/t12-,13-,14?,15?/m0/s1. The molecule has 0 radical (unpaired) electrons. The Morgan fingerprint density at radius 1 is 1.33 bits per heavy atom. The lowest BCUT2D eigenvalue weighted by Crippen LogP contribution is -2.64. The maximum atomic E-state index is 12.6. The minimum Gasteiger partial charge on any atom is -0.378 e. The molecule has 2 N–H and O–H groups in total. The molecule has 4 heteroatoms. The van der Waals surface area contributed by atoms with Crippen LogP contribution in [0.15, 0.2) is 0 Å². The summed E-state index contributed by atoms with van der Waals surface area (Å²) in [5.41, 5.74) is 0.254. The Hall–Kier alpha value is -0.610. The van der Waals surface area contributed by atoms with Gasteiger partial charge in [-0.15, -0.1) is 0 Å². The van der Waals surface area contributed by atoms with Crippen molar-refractivity contribution in [2.45, 2.75) is 77.0 Å². The zero-order valence-electron chi connectivity index (χ0n) is 13.5. The van der Waals surface area contributed by atoms with Crippen molar-refractivity contribution >= 4 is 5.91 Å². The third-order valence-electron chi connectivity index (χ3n) is 6.00. The van der Waals surface area contributed by atoms with Gasteiger partial charge < -0.3 is 15.4 Å². The van der Waals surface area contributed by atoms with Crippen molar-refractivity contribution in [3.63, 3.8) is 0 Å². The van der Waals surface area contributed by atoms with E-state index in [-0.39, 0.29) is 17.2 Å². The van der Waals surface area contributed by atoms with Crippen LogP contribution in [0.5, 0.6) is 0 Å². The van der Waals surface area contributed by atoms with Gasteiger partial charge in [-0.05, 0) is 52.5 Å². The Bertz CT molecular complexity index is 379. The van der Waals surface area contributed by atoms with Crippen LogP contribution >= 0.6 is 0 Å². The number of carbonyl (C=O) groups is 1. The Kier molecular flexibility index (Phi) is 4.55. The van der Waals surface area contributed by atoms with Gasteiger partial charge in [0.25, 0.3) is 0 Å². The number of hydrogen-bond acceptors (Lipinski definition) is 3. The summed E-state index contributed by atoms with van der Waals surface area (Å²) >= 11 is 0. The second kappa shape index (κ2) is 6.25. The number of piperidine rings is 1. The summed E-state index contributed by atoms with van der Waals surface area (Å²) in [4.78, 5) is 12.6. The first-order chi connectivity index (χ1) is 10.2. The zero-order valence-corrected chi connectivity index (χ0v) is 13.5. The van der Waals surface area contributed by atoms with Gasteiger partial charge in [-0.2, -0.15) is 0 Å². The molecule has 0 aromatic rings. The molecule has 3 rings (SSSR count). The number of ether oxygens (including phenoxy) is 1. The summed E-state index contributed by atoms with van der Waals surface area (Å²) in [6.07, 6.45) is 8.38. The van der Waals surface area contributed by atoms with Crippen LogP contribution in [0.2, 0.25) is 0 Å². The van der Waals surface area contributed by atoms with E-state index in [1.807, 2.05) is 0 Å². The van der Waals surface area contributed by atoms with Crippen LogP contribution in [0, 0.1) is 11.3 Å². The van der Waals surface area contributed by atoms with Crippen molar-refractivity contribution in [3.8, 4) is 0 Å². The fraction of sp³-hybridized carbons (Fsp3) is 0.941. The molecule has 0 aromatic heterocycles. The average molecular weight is 294 g/mol. The Morgan fingerprint density at radius 2 is 2.10 bits per heavy atom. The second-order valence-corrected chi connectivity index (χ2v) is 7.26. The quantitative estimate of drug-likeness (QED) is 0.836. The molecule has 0 bridgehead atoms. The first-order valence-corrected chi connectivity index (χ1v) is 8.81. The molecule has 0 aromatic carbocycles. The third-order valence-corrected chi connectivity index (χ3v) is 6.00. The molecule has 120 valence electrons. The lowest BCUT2D eigenvalue weighted by molar-refractivity contribution is -0.147. The van der Waals surface area contributed by atoms with Crippen LogP contribution in [-0.2, 0) is 9.53 Å². The van der Waals surface area contributed by atoms with E-state index >= 15 is 0 Å². The lowest BCUT2D eigenvalue weighted by Gasteiger charge is -2.54. The highest BCUT2D eigenvalue weighted by atomic mass is 16.5. The Labute approximate surface area is 128 Å². The van der Waals surface area contributed by atoms with Gasteiger partial charge in [-0.25, -0.2) is 0 Å². The van der Waals surface area contributed by atoms with Crippen LogP contribution in [-0.4, -0.2) is 37.2 Å². The molecule has 1 amide bonds. The summed E-state index contributed by atoms with van der Waals surface area (Å²) in [5.74, 6) is 0.487. The van der Waals surface area contributed by atoms with Crippen LogP contribution in [0.25, 0.3) is 0 Å². The van der Waals surface area contributed by atoms with Crippen molar-refractivity contribution in [2.75, 3.05) is 13.2 Å². The van der Waals surface area contributed by atoms with Crippen molar-refractivity contribution in [1.29, 1.82) is 0 Å². The van der Waals surface area contributed by atoms with E-state index in [1.54, 1.807) is 0 Å². The minimum absolute atomic E-state index is 0.200. The van der Waals surface area contributed by atoms with Gasteiger partial charge in [0.15, 0.2) is 0 Å². The lowest BCUT2D eigenvalue weighted by atomic mass is 9.60. The minimum atomic E-state index is 0.200. The summed E-state index contributed by atoms with van der Waals surface area (Å²) in [6.45, 7) is 6.01. The SMILES string of the molecule is CCOC1CC(NC(=O)[C@H]2CCN[C@@H](C)C2)C12CCCC2. The highest BCUT2D eigenvalue weighted by Gasteiger charge is 2.57. The highest BCUT2D eigenvalue weighted by Crippen LogP contribution is 2.54. The number of nitrogens with one attached hydrogen (secondary N) is 2. The Balaban J connectivity index is 1.58. The van der Waals surface area contributed by atoms with Crippen LogP contribution in [0.4, 0.5) is 0 Å². The van der Waals surface area contributed by atoms with Gasteiger partial charge in [0.05, 0.1) is 6.10 Å². The number of rotatable bonds is 4. The largest absolute Gasteiger partial charge is 0.378 e. The van der Waals surface area contributed by atoms with Crippen LogP contribution in [0.1, 0.15) is 58.8 Å². The molecule has 4 nitrogen and oxygen atoms in total. The van der Waals surface area contributed by atoms with Crippen molar-refractivity contribution in [1.82, 2.24) is 10.6 Å². The van der Waals surface area contributed by atoms with Crippen molar-refractivity contribution in [3.05, 3.63) is 0 Å². The molecule has 2 saturated carbocycles. The van der Waals surface area contributed by atoms with E-state index in [2.05, 4.69) is 24.5 Å². The van der Waals surface area contributed by atoms with E-state index in [0.717, 1.165) is 32.4 Å². The van der Waals surface area contributed by atoms with E-state index in [4.69, 9.17) is 4.74 Å². The highest BCUT2D eigenvalue weighted by molar-refractivity contribution is 5.79. The first-order valence-electron chi connectivity index (χ1n) is 8.81. The molecule has 1 spiro atoms. The summed E-state index contributed by atoms with van der Waals surface area (Å²) in [7, 11) is 0. The molecule has 1 saturated heterocycles. The molecule has 21 heavy (non-hydrogen) atoms. The third kappa shape index (κ3) is 2.85. The van der Waals surface area contributed by atoms with E-state index in [9.17, 15) is 4.79 Å². The zero-order chi connectivity index (χ0) is 14.9. The normalized spacial score (nSPS) is 38.2.